The molecule has 13 heteroatoms. The van der Waals surface area contributed by atoms with E-state index in [2.05, 4.69) is 0 Å². The molecule has 2 heterocycles. The van der Waals surface area contributed by atoms with Gasteiger partial charge in [-0.1, -0.05) is 0 Å². The van der Waals surface area contributed by atoms with E-state index in [4.69, 9.17) is 28.1 Å². The Labute approximate surface area is 208 Å². The largest absolute Gasteiger partial charge is 0.493 e. The number of ether oxygens (including phenoxy) is 5. The average molecular weight is 520 g/mol. The lowest BCUT2D eigenvalue weighted by molar-refractivity contribution is -0.312. The van der Waals surface area contributed by atoms with Gasteiger partial charge in [0.2, 0.25) is 5.75 Å². The van der Waals surface area contributed by atoms with Gasteiger partial charge < -0.3 is 48.5 Å². The molecule has 1 aromatic carbocycles. The SMILES string of the molecule is COc1cc2oc(C3(OC4OC(C(=O)O)C(O)C(O)C4O)C=CC(=O)C=C3)cc(=O)c2c(OC)c1OC. The molecular formula is C24H24O13. The fourth-order valence-corrected chi connectivity index (χ4v) is 4.14. The van der Waals surface area contributed by atoms with E-state index >= 15 is 0 Å². The van der Waals surface area contributed by atoms with Crippen LogP contribution in [0.1, 0.15) is 5.76 Å². The van der Waals surface area contributed by atoms with E-state index in [0.717, 1.165) is 18.2 Å². The quantitative estimate of drug-likeness (QED) is 0.370. The Kier molecular flexibility index (Phi) is 7.08. The fourth-order valence-electron chi connectivity index (χ4n) is 4.14. The Morgan fingerprint density at radius 1 is 0.919 bits per heavy atom. The van der Waals surface area contributed by atoms with Gasteiger partial charge >= 0.3 is 5.97 Å². The summed E-state index contributed by atoms with van der Waals surface area (Å²) in [6, 6.07) is 2.43. The third-order valence-electron chi connectivity index (χ3n) is 6.02. The molecule has 0 amide bonds. The first-order chi connectivity index (χ1) is 17.6. The van der Waals surface area contributed by atoms with E-state index in [1.165, 1.54) is 39.5 Å². The highest BCUT2D eigenvalue weighted by atomic mass is 16.7. The number of aliphatic hydroxyl groups excluding tert-OH is 3. The summed E-state index contributed by atoms with van der Waals surface area (Å²) in [5.74, 6) is -1.86. The van der Waals surface area contributed by atoms with Crippen LogP contribution in [0.5, 0.6) is 17.2 Å². The number of hydrogen-bond donors (Lipinski definition) is 4. The first-order valence-electron chi connectivity index (χ1n) is 10.9. The van der Waals surface area contributed by atoms with Gasteiger partial charge in [0, 0.05) is 12.1 Å². The molecule has 2 aliphatic rings. The number of aliphatic carboxylic acids is 1. The summed E-state index contributed by atoms with van der Waals surface area (Å²) in [6.45, 7) is 0. The molecule has 1 fully saturated rings. The van der Waals surface area contributed by atoms with Crippen LogP contribution in [0, 0.1) is 0 Å². The minimum Gasteiger partial charge on any atom is -0.493 e. The third-order valence-corrected chi connectivity index (χ3v) is 6.02. The number of aliphatic hydroxyl groups is 3. The second-order valence-electron chi connectivity index (χ2n) is 8.21. The number of carbonyl (C=O) groups excluding carboxylic acids is 1. The molecule has 13 nitrogen and oxygen atoms in total. The number of fused-ring (bicyclic) bond motifs is 1. The molecule has 5 atom stereocenters. The number of carboxylic acids is 1. The zero-order valence-corrected chi connectivity index (χ0v) is 19.8. The maximum absolute atomic E-state index is 13.3. The van der Waals surface area contributed by atoms with Crippen molar-refractivity contribution in [1.82, 2.24) is 0 Å². The first kappa shape index (κ1) is 26.3. The van der Waals surface area contributed by atoms with Crippen molar-refractivity contribution in [2.24, 2.45) is 0 Å². The van der Waals surface area contributed by atoms with Crippen LogP contribution in [0.3, 0.4) is 0 Å². The normalized spacial score (nSPS) is 26.8. The van der Waals surface area contributed by atoms with Gasteiger partial charge in [-0.2, -0.15) is 0 Å². The zero-order chi connectivity index (χ0) is 27.1. The van der Waals surface area contributed by atoms with Crippen molar-refractivity contribution < 1.29 is 58.1 Å². The Balaban J connectivity index is 1.87. The number of ketones is 1. The van der Waals surface area contributed by atoms with Crippen molar-refractivity contribution >= 4 is 22.7 Å². The summed E-state index contributed by atoms with van der Waals surface area (Å²) in [4.78, 5) is 36.7. The van der Waals surface area contributed by atoms with Gasteiger partial charge in [-0.3, -0.25) is 9.59 Å². The van der Waals surface area contributed by atoms with Gasteiger partial charge in [0.1, 0.15) is 35.0 Å². The van der Waals surface area contributed by atoms with E-state index in [-0.39, 0.29) is 34.0 Å². The number of benzene rings is 1. The predicted molar refractivity (Wildman–Crippen MR) is 123 cm³/mol. The standard InChI is InChI=1S/C24H24O13/c1-32-13-9-12-15(20(34-3)19(13)33-2)11(26)8-14(35-12)24(6-4-10(25)5-7-24)37-23-18(29)16(27)17(28)21(36-23)22(30)31/h4-9,16-18,21,23,27-29H,1-3H3,(H,30,31). The van der Waals surface area contributed by atoms with Crippen molar-refractivity contribution in [3.8, 4) is 17.2 Å². The Morgan fingerprint density at radius 2 is 1.57 bits per heavy atom. The molecule has 1 aromatic heterocycles. The first-order valence-corrected chi connectivity index (χ1v) is 10.9. The second kappa shape index (κ2) is 9.95. The Hall–Kier alpha value is -3.75. The lowest BCUT2D eigenvalue weighted by Crippen LogP contribution is -2.61. The van der Waals surface area contributed by atoms with Crippen LogP contribution in [0.2, 0.25) is 0 Å². The highest BCUT2D eigenvalue weighted by Crippen LogP contribution is 2.44. The predicted octanol–water partition coefficient (Wildman–Crippen LogP) is -0.382. The molecule has 1 aliphatic heterocycles. The molecule has 4 N–H and O–H groups in total. The maximum atomic E-state index is 13.3. The molecule has 4 rings (SSSR count). The van der Waals surface area contributed by atoms with Crippen molar-refractivity contribution in [1.29, 1.82) is 0 Å². The Bertz CT molecular complexity index is 1320. The number of hydrogen-bond acceptors (Lipinski definition) is 12. The summed E-state index contributed by atoms with van der Waals surface area (Å²) in [5, 5.41) is 40.0. The van der Waals surface area contributed by atoms with Crippen LogP contribution in [0.25, 0.3) is 11.0 Å². The average Bonchev–Trinajstić information content (AvgIpc) is 2.88. The zero-order valence-electron chi connectivity index (χ0n) is 19.8. The number of rotatable bonds is 7. The van der Waals surface area contributed by atoms with Crippen LogP contribution >= 0.6 is 0 Å². The van der Waals surface area contributed by atoms with Crippen LogP contribution in [-0.4, -0.2) is 84.2 Å². The van der Waals surface area contributed by atoms with E-state index < -0.39 is 53.5 Å². The van der Waals surface area contributed by atoms with Crippen molar-refractivity contribution in [2.45, 2.75) is 36.3 Å². The van der Waals surface area contributed by atoms with Crippen LogP contribution < -0.4 is 19.6 Å². The fraction of sp³-hybridized carbons (Fsp3) is 0.375. The van der Waals surface area contributed by atoms with Gasteiger partial charge in [-0.25, -0.2) is 4.79 Å². The van der Waals surface area contributed by atoms with Crippen molar-refractivity contribution in [2.75, 3.05) is 21.3 Å². The van der Waals surface area contributed by atoms with E-state index in [0.29, 0.717) is 0 Å². The third kappa shape index (κ3) is 4.47. The molecule has 0 bridgehead atoms. The van der Waals surface area contributed by atoms with Crippen LogP contribution in [-0.2, 0) is 24.7 Å². The molecular weight excluding hydrogens is 496 g/mol. The summed E-state index contributed by atoms with van der Waals surface area (Å²) in [6.07, 6.45) is -4.94. The van der Waals surface area contributed by atoms with Gasteiger partial charge in [0.15, 0.2) is 40.7 Å². The number of methoxy groups -OCH3 is 3. The van der Waals surface area contributed by atoms with Crippen molar-refractivity contribution in [3.63, 3.8) is 0 Å². The molecule has 1 saturated heterocycles. The lowest BCUT2D eigenvalue weighted by atomic mass is 9.92. The molecule has 198 valence electrons. The summed E-state index contributed by atoms with van der Waals surface area (Å²) in [7, 11) is 4.06. The van der Waals surface area contributed by atoms with Crippen LogP contribution in [0.4, 0.5) is 0 Å². The van der Waals surface area contributed by atoms with Crippen LogP contribution in [0.15, 0.2) is 45.6 Å². The second-order valence-corrected chi connectivity index (χ2v) is 8.21. The smallest absolute Gasteiger partial charge is 0.335 e. The van der Waals surface area contributed by atoms with E-state index in [9.17, 15) is 34.8 Å². The molecule has 0 radical (unpaired) electrons. The molecule has 5 unspecified atom stereocenters. The minimum absolute atomic E-state index is 0.0114. The number of carbonyl (C=O) groups is 2. The number of carboxylic acid groups (broad SMARTS) is 1. The van der Waals surface area contributed by atoms with Crippen molar-refractivity contribution in [3.05, 3.63) is 52.4 Å². The van der Waals surface area contributed by atoms with E-state index in [1.54, 1.807) is 0 Å². The number of allylic oxidation sites excluding steroid dienone is 2. The maximum Gasteiger partial charge on any atom is 0.335 e. The summed E-state index contributed by atoms with van der Waals surface area (Å²) < 4.78 is 33.1. The summed E-state index contributed by atoms with van der Waals surface area (Å²) in [5.41, 5.74) is -2.49. The van der Waals surface area contributed by atoms with Gasteiger partial charge in [-0.05, 0) is 24.3 Å². The Morgan fingerprint density at radius 3 is 2.14 bits per heavy atom. The van der Waals surface area contributed by atoms with Gasteiger partial charge in [0.05, 0.1) is 21.3 Å². The molecule has 2 aromatic rings. The summed E-state index contributed by atoms with van der Waals surface area (Å²) >= 11 is 0. The monoisotopic (exact) mass is 520 g/mol. The minimum atomic E-state index is -1.95. The molecule has 0 spiro atoms. The highest BCUT2D eigenvalue weighted by Gasteiger charge is 2.50. The van der Waals surface area contributed by atoms with Gasteiger partial charge in [0.25, 0.3) is 0 Å². The molecule has 1 aliphatic carbocycles. The highest BCUT2D eigenvalue weighted by molar-refractivity contribution is 6.00. The lowest BCUT2D eigenvalue weighted by Gasteiger charge is -2.42. The topological polar surface area (TPSA) is 191 Å². The van der Waals surface area contributed by atoms with Gasteiger partial charge in [-0.15, -0.1) is 0 Å². The molecule has 0 saturated carbocycles. The van der Waals surface area contributed by atoms with E-state index in [1.807, 2.05) is 0 Å². The molecule has 37 heavy (non-hydrogen) atoms.